The third-order valence-corrected chi connectivity index (χ3v) is 2.87. The molecular formula is C14H20F4N2. The molecule has 6 heteroatoms. The average molecular weight is 292 g/mol. The zero-order chi connectivity index (χ0) is 15.3. The van der Waals surface area contributed by atoms with Crippen LogP contribution < -0.4 is 5.32 Å². The monoisotopic (exact) mass is 292 g/mol. The summed E-state index contributed by atoms with van der Waals surface area (Å²) in [4.78, 5) is 1.79. The number of hydrogen-bond donors (Lipinski definition) is 1. The van der Waals surface area contributed by atoms with E-state index < -0.39 is 17.6 Å². The van der Waals surface area contributed by atoms with E-state index >= 15 is 0 Å². The highest BCUT2D eigenvalue weighted by Crippen LogP contribution is 2.32. The van der Waals surface area contributed by atoms with Gasteiger partial charge in [0.05, 0.1) is 5.56 Å². The largest absolute Gasteiger partial charge is 0.419 e. The summed E-state index contributed by atoms with van der Waals surface area (Å²) in [5, 5.41) is 3.20. The van der Waals surface area contributed by atoms with E-state index in [1.165, 1.54) is 12.1 Å². The average Bonchev–Trinajstić information content (AvgIpc) is 2.29. The lowest BCUT2D eigenvalue weighted by atomic mass is 10.1. The molecule has 0 aromatic heterocycles. The van der Waals surface area contributed by atoms with Crippen LogP contribution in [0.25, 0.3) is 0 Å². The quantitative estimate of drug-likeness (QED) is 0.810. The Bertz CT molecular complexity index is 430. The van der Waals surface area contributed by atoms with Crippen molar-refractivity contribution in [2.45, 2.75) is 32.6 Å². The number of likely N-dealkylation sites (N-methyl/N-ethyl adjacent to an activating group) is 1. The van der Waals surface area contributed by atoms with Crippen molar-refractivity contribution in [2.75, 3.05) is 20.1 Å². The fourth-order valence-corrected chi connectivity index (χ4v) is 1.83. The molecule has 0 saturated carbocycles. The van der Waals surface area contributed by atoms with Gasteiger partial charge in [0, 0.05) is 31.2 Å². The third kappa shape index (κ3) is 5.09. The summed E-state index contributed by atoms with van der Waals surface area (Å²) in [6.45, 7) is 5.50. The van der Waals surface area contributed by atoms with Crippen LogP contribution in [0.1, 0.15) is 25.0 Å². The number of nitrogens with one attached hydrogen (secondary N) is 1. The first-order valence-electron chi connectivity index (χ1n) is 6.48. The summed E-state index contributed by atoms with van der Waals surface area (Å²) in [7, 11) is 1.75. The molecule has 0 unspecified atom stereocenters. The Balaban J connectivity index is 2.68. The normalized spacial score (nSPS) is 12.4. The minimum atomic E-state index is -4.65. The van der Waals surface area contributed by atoms with E-state index in [4.69, 9.17) is 0 Å². The van der Waals surface area contributed by atoms with Crippen molar-refractivity contribution in [2.24, 2.45) is 0 Å². The van der Waals surface area contributed by atoms with Crippen molar-refractivity contribution < 1.29 is 17.6 Å². The Hall–Kier alpha value is -1.14. The van der Waals surface area contributed by atoms with Crippen LogP contribution in [-0.4, -0.2) is 31.1 Å². The fraction of sp³-hybridized carbons (Fsp3) is 0.571. The molecule has 1 rings (SSSR count). The van der Waals surface area contributed by atoms with E-state index in [0.29, 0.717) is 19.1 Å². The van der Waals surface area contributed by atoms with Crippen LogP contribution in [-0.2, 0) is 12.7 Å². The summed E-state index contributed by atoms with van der Waals surface area (Å²) in [6, 6.07) is 3.73. The standard InChI is InChI=1S/C14H20F4N2/c1-10(2)19-7-8-20(3)9-11-5-4-6-12(13(11)15)14(16,17)18/h4-6,10,19H,7-9H2,1-3H3. The smallest absolute Gasteiger partial charge is 0.313 e. The van der Waals surface area contributed by atoms with Gasteiger partial charge in [-0.25, -0.2) is 4.39 Å². The van der Waals surface area contributed by atoms with Gasteiger partial charge in [-0.15, -0.1) is 0 Å². The lowest BCUT2D eigenvalue weighted by molar-refractivity contribution is -0.140. The molecule has 0 aliphatic heterocycles. The lowest BCUT2D eigenvalue weighted by Gasteiger charge is -2.19. The summed E-state index contributed by atoms with van der Waals surface area (Å²) < 4.78 is 51.6. The third-order valence-electron chi connectivity index (χ3n) is 2.87. The number of halogens is 4. The summed E-state index contributed by atoms with van der Waals surface area (Å²) >= 11 is 0. The Morgan fingerprint density at radius 3 is 2.45 bits per heavy atom. The summed E-state index contributed by atoms with van der Waals surface area (Å²) in [6.07, 6.45) is -4.65. The van der Waals surface area contributed by atoms with Gasteiger partial charge in [-0.3, -0.25) is 0 Å². The van der Waals surface area contributed by atoms with E-state index in [2.05, 4.69) is 5.32 Å². The molecule has 1 aromatic carbocycles. The molecule has 0 saturated heterocycles. The highest BCUT2D eigenvalue weighted by molar-refractivity contribution is 5.28. The van der Waals surface area contributed by atoms with Gasteiger partial charge in [0.15, 0.2) is 0 Å². The molecule has 0 atom stereocenters. The second-order valence-electron chi connectivity index (χ2n) is 5.12. The van der Waals surface area contributed by atoms with Crippen LogP contribution >= 0.6 is 0 Å². The zero-order valence-corrected chi connectivity index (χ0v) is 11.9. The highest BCUT2D eigenvalue weighted by Gasteiger charge is 2.34. The van der Waals surface area contributed by atoms with Crippen molar-refractivity contribution >= 4 is 0 Å². The molecule has 0 aliphatic carbocycles. The molecule has 1 aromatic rings. The van der Waals surface area contributed by atoms with Crippen molar-refractivity contribution in [3.63, 3.8) is 0 Å². The number of hydrogen-bond acceptors (Lipinski definition) is 2. The Morgan fingerprint density at radius 1 is 1.25 bits per heavy atom. The summed E-state index contributed by atoms with van der Waals surface area (Å²) in [5.41, 5.74) is -1.14. The van der Waals surface area contributed by atoms with E-state index in [9.17, 15) is 17.6 Å². The van der Waals surface area contributed by atoms with Crippen LogP contribution in [0.2, 0.25) is 0 Å². The Kier molecular flexibility index (Phi) is 5.95. The zero-order valence-electron chi connectivity index (χ0n) is 11.9. The van der Waals surface area contributed by atoms with Crippen LogP contribution in [0.3, 0.4) is 0 Å². The van der Waals surface area contributed by atoms with Gasteiger partial charge in [-0.1, -0.05) is 26.0 Å². The molecule has 20 heavy (non-hydrogen) atoms. The van der Waals surface area contributed by atoms with Gasteiger partial charge in [-0.05, 0) is 13.1 Å². The SMILES string of the molecule is CC(C)NCCN(C)Cc1cccc(C(F)(F)F)c1F. The van der Waals surface area contributed by atoms with Gasteiger partial charge < -0.3 is 10.2 Å². The van der Waals surface area contributed by atoms with Crippen molar-refractivity contribution in [1.82, 2.24) is 10.2 Å². The minimum absolute atomic E-state index is 0.0619. The molecule has 0 radical (unpaired) electrons. The van der Waals surface area contributed by atoms with Crippen molar-refractivity contribution in [3.05, 3.63) is 35.1 Å². The molecule has 0 fully saturated rings. The van der Waals surface area contributed by atoms with Gasteiger partial charge in [0.2, 0.25) is 0 Å². The molecule has 114 valence electrons. The Labute approximate surface area is 116 Å². The fourth-order valence-electron chi connectivity index (χ4n) is 1.83. The van der Waals surface area contributed by atoms with Crippen LogP contribution in [0.15, 0.2) is 18.2 Å². The number of benzene rings is 1. The number of alkyl halides is 3. The van der Waals surface area contributed by atoms with Gasteiger partial charge in [0.1, 0.15) is 5.82 Å². The number of nitrogens with zero attached hydrogens (tertiary/aromatic N) is 1. The maximum atomic E-state index is 13.8. The first-order chi connectivity index (χ1) is 9.21. The number of rotatable bonds is 6. The predicted octanol–water partition coefficient (Wildman–Crippen LogP) is 3.27. The molecule has 0 amide bonds. The second-order valence-corrected chi connectivity index (χ2v) is 5.12. The molecule has 0 spiro atoms. The maximum absolute atomic E-state index is 13.8. The minimum Gasteiger partial charge on any atom is -0.313 e. The van der Waals surface area contributed by atoms with Crippen LogP contribution in [0.4, 0.5) is 17.6 Å². The van der Waals surface area contributed by atoms with E-state index in [1.54, 1.807) is 11.9 Å². The van der Waals surface area contributed by atoms with E-state index in [1.807, 2.05) is 13.8 Å². The summed E-state index contributed by atoms with van der Waals surface area (Å²) in [5.74, 6) is -1.18. The molecule has 1 N–H and O–H groups in total. The molecular weight excluding hydrogens is 272 g/mol. The first-order valence-corrected chi connectivity index (χ1v) is 6.48. The first kappa shape index (κ1) is 16.9. The molecule has 2 nitrogen and oxygen atoms in total. The van der Waals surface area contributed by atoms with Gasteiger partial charge in [-0.2, -0.15) is 13.2 Å². The molecule has 0 aliphatic rings. The topological polar surface area (TPSA) is 15.3 Å². The van der Waals surface area contributed by atoms with E-state index in [0.717, 1.165) is 6.07 Å². The maximum Gasteiger partial charge on any atom is 0.419 e. The van der Waals surface area contributed by atoms with E-state index in [-0.39, 0.29) is 12.1 Å². The van der Waals surface area contributed by atoms with Crippen LogP contribution in [0, 0.1) is 5.82 Å². The lowest BCUT2D eigenvalue weighted by Crippen LogP contribution is -2.32. The Morgan fingerprint density at radius 2 is 1.90 bits per heavy atom. The van der Waals surface area contributed by atoms with Crippen molar-refractivity contribution in [1.29, 1.82) is 0 Å². The second kappa shape index (κ2) is 7.04. The molecule has 0 heterocycles. The van der Waals surface area contributed by atoms with Crippen molar-refractivity contribution in [3.8, 4) is 0 Å². The van der Waals surface area contributed by atoms with Gasteiger partial charge in [0.25, 0.3) is 0 Å². The molecule has 0 bridgehead atoms. The highest BCUT2D eigenvalue weighted by atomic mass is 19.4. The van der Waals surface area contributed by atoms with Crippen LogP contribution in [0.5, 0.6) is 0 Å². The van der Waals surface area contributed by atoms with Gasteiger partial charge >= 0.3 is 6.18 Å². The predicted molar refractivity (Wildman–Crippen MR) is 70.9 cm³/mol.